The maximum atomic E-state index is 13.5. The summed E-state index contributed by atoms with van der Waals surface area (Å²) >= 11 is 0. The molecule has 0 fully saturated rings. The summed E-state index contributed by atoms with van der Waals surface area (Å²) in [7, 11) is 6.17. The van der Waals surface area contributed by atoms with Gasteiger partial charge in [-0.3, -0.25) is 0 Å². The first-order valence-electron chi connectivity index (χ1n) is 8.95. The van der Waals surface area contributed by atoms with Crippen molar-refractivity contribution in [2.24, 2.45) is 11.8 Å². The molecular formula is C21H31FN2O. The zero-order chi connectivity index (χ0) is 18.9. The van der Waals surface area contributed by atoms with Crippen molar-refractivity contribution in [3.05, 3.63) is 52.6 Å². The Hall–Kier alpha value is -1.81. The van der Waals surface area contributed by atoms with Crippen LogP contribution >= 0.6 is 0 Å². The molecule has 138 valence electrons. The maximum absolute atomic E-state index is 13.5. The zero-order valence-electron chi connectivity index (χ0n) is 16.5. The van der Waals surface area contributed by atoms with Gasteiger partial charge in [0.25, 0.3) is 0 Å². The molecule has 0 radical (unpaired) electrons. The minimum Gasteiger partial charge on any atom is -0.392 e. The molecule has 1 N–H and O–H groups in total. The smallest absolute Gasteiger partial charge is 0.123 e. The molecular weight excluding hydrogens is 315 g/mol. The molecule has 4 heteroatoms. The summed E-state index contributed by atoms with van der Waals surface area (Å²) in [5.74, 6) is 0.433. The summed E-state index contributed by atoms with van der Waals surface area (Å²) in [6.45, 7) is 8.73. The standard InChI is InChI=1S/C21H31FN2O/c1-13(2)19-17(12-25)18(15-8-10-16(22)11-9-15)21(23(5)6)20(14(3)4)24(19)7/h8-11,13-14,19,25H,12H2,1-7H3. The Bertz CT molecular complexity index is 672. The molecule has 0 saturated carbocycles. The van der Waals surface area contributed by atoms with E-state index in [4.69, 9.17) is 0 Å². The second kappa shape index (κ2) is 7.61. The van der Waals surface area contributed by atoms with Crippen LogP contribution in [0.5, 0.6) is 0 Å². The van der Waals surface area contributed by atoms with E-state index in [1.165, 1.54) is 17.8 Å². The fourth-order valence-corrected chi connectivity index (χ4v) is 4.07. The molecule has 3 nitrogen and oxygen atoms in total. The third kappa shape index (κ3) is 3.59. The Kier molecular flexibility index (Phi) is 5.94. The number of nitrogens with zero attached hydrogens (tertiary/aromatic N) is 2. The largest absolute Gasteiger partial charge is 0.392 e. The van der Waals surface area contributed by atoms with Crippen molar-refractivity contribution >= 4 is 5.57 Å². The van der Waals surface area contributed by atoms with Gasteiger partial charge >= 0.3 is 0 Å². The first-order chi connectivity index (χ1) is 11.7. The van der Waals surface area contributed by atoms with Gasteiger partial charge in [0, 0.05) is 32.4 Å². The predicted molar refractivity (Wildman–Crippen MR) is 102 cm³/mol. The second-order valence-electron chi connectivity index (χ2n) is 7.65. The molecule has 0 aromatic heterocycles. The fraction of sp³-hybridized carbons (Fsp3) is 0.524. The Labute approximate surface area is 151 Å². The van der Waals surface area contributed by atoms with Crippen LogP contribution in [-0.2, 0) is 0 Å². The highest BCUT2D eigenvalue weighted by Crippen LogP contribution is 2.42. The number of hydrogen-bond donors (Lipinski definition) is 1. The van der Waals surface area contributed by atoms with E-state index in [9.17, 15) is 9.50 Å². The monoisotopic (exact) mass is 346 g/mol. The van der Waals surface area contributed by atoms with Gasteiger partial charge in [0.2, 0.25) is 0 Å². The molecule has 1 unspecified atom stereocenters. The number of benzene rings is 1. The van der Waals surface area contributed by atoms with E-state index in [-0.39, 0.29) is 18.5 Å². The zero-order valence-corrected chi connectivity index (χ0v) is 16.5. The summed E-state index contributed by atoms with van der Waals surface area (Å²) in [5, 5.41) is 10.2. The van der Waals surface area contributed by atoms with Gasteiger partial charge in [0.05, 0.1) is 18.3 Å². The molecule has 1 aromatic carbocycles. The van der Waals surface area contributed by atoms with E-state index >= 15 is 0 Å². The highest BCUT2D eigenvalue weighted by Gasteiger charge is 2.36. The van der Waals surface area contributed by atoms with Crippen LogP contribution in [0, 0.1) is 17.7 Å². The number of rotatable bonds is 5. The van der Waals surface area contributed by atoms with Gasteiger partial charge in [0.15, 0.2) is 0 Å². The van der Waals surface area contributed by atoms with Gasteiger partial charge in [-0.05, 0) is 35.1 Å². The van der Waals surface area contributed by atoms with Crippen LogP contribution in [0.15, 0.2) is 41.2 Å². The van der Waals surface area contributed by atoms with Crippen LogP contribution < -0.4 is 0 Å². The Morgan fingerprint density at radius 2 is 1.68 bits per heavy atom. The number of allylic oxidation sites excluding steroid dienone is 2. The Balaban J connectivity index is 2.84. The third-order valence-electron chi connectivity index (χ3n) is 4.88. The summed E-state index contributed by atoms with van der Waals surface area (Å²) in [6, 6.07) is 6.71. The van der Waals surface area contributed by atoms with Crippen molar-refractivity contribution < 1.29 is 9.50 Å². The van der Waals surface area contributed by atoms with Crippen LogP contribution in [-0.4, -0.2) is 48.7 Å². The first-order valence-corrected chi connectivity index (χ1v) is 8.95. The van der Waals surface area contributed by atoms with Gasteiger partial charge in [0.1, 0.15) is 5.82 Å². The molecule has 0 spiro atoms. The predicted octanol–water partition coefficient (Wildman–Crippen LogP) is 3.97. The van der Waals surface area contributed by atoms with Crippen molar-refractivity contribution in [2.45, 2.75) is 33.7 Å². The topological polar surface area (TPSA) is 26.7 Å². The van der Waals surface area contributed by atoms with Crippen molar-refractivity contribution in [1.82, 2.24) is 9.80 Å². The van der Waals surface area contributed by atoms with E-state index in [1.807, 2.05) is 26.2 Å². The van der Waals surface area contributed by atoms with Gasteiger partial charge < -0.3 is 14.9 Å². The highest BCUT2D eigenvalue weighted by molar-refractivity contribution is 5.83. The molecule has 1 atom stereocenters. The maximum Gasteiger partial charge on any atom is 0.123 e. The summed E-state index contributed by atoms with van der Waals surface area (Å²) in [4.78, 5) is 4.42. The van der Waals surface area contributed by atoms with E-state index in [2.05, 4.69) is 44.5 Å². The Morgan fingerprint density at radius 1 is 1.12 bits per heavy atom. The fourth-order valence-electron chi connectivity index (χ4n) is 4.07. The normalized spacial score (nSPS) is 18.7. The number of aliphatic hydroxyl groups is 1. The second-order valence-corrected chi connectivity index (χ2v) is 7.65. The molecule has 2 rings (SSSR count). The average molecular weight is 346 g/mol. The molecule has 0 amide bonds. The summed E-state index contributed by atoms with van der Waals surface area (Å²) in [6.07, 6.45) is 0. The highest BCUT2D eigenvalue weighted by atomic mass is 19.1. The summed E-state index contributed by atoms with van der Waals surface area (Å²) < 4.78 is 13.5. The van der Waals surface area contributed by atoms with Crippen molar-refractivity contribution in [2.75, 3.05) is 27.7 Å². The number of likely N-dealkylation sites (N-methyl/N-ethyl adjacent to an activating group) is 2. The number of halogens is 1. The van der Waals surface area contributed by atoms with Crippen LogP contribution in [0.25, 0.3) is 5.57 Å². The van der Waals surface area contributed by atoms with Gasteiger partial charge in [-0.2, -0.15) is 0 Å². The van der Waals surface area contributed by atoms with E-state index < -0.39 is 0 Å². The average Bonchev–Trinajstić information content (AvgIpc) is 2.53. The molecule has 25 heavy (non-hydrogen) atoms. The quantitative estimate of drug-likeness (QED) is 0.874. The molecule has 1 aliphatic rings. The minimum atomic E-state index is -0.247. The number of hydrogen-bond acceptors (Lipinski definition) is 3. The lowest BCUT2D eigenvalue weighted by molar-refractivity contribution is 0.212. The van der Waals surface area contributed by atoms with E-state index in [0.717, 1.165) is 22.4 Å². The van der Waals surface area contributed by atoms with E-state index in [0.29, 0.717) is 11.8 Å². The lowest BCUT2D eigenvalue weighted by atomic mass is 9.81. The lowest BCUT2D eigenvalue weighted by Crippen LogP contribution is -2.44. The van der Waals surface area contributed by atoms with Crippen LogP contribution in [0.4, 0.5) is 4.39 Å². The van der Waals surface area contributed by atoms with Gasteiger partial charge in [-0.15, -0.1) is 0 Å². The molecule has 1 aliphatic heterocycles. The molecule has 0 saturated heterocycles. The van der Waals surface area contributed by atoms with Crippen LogP contribution in [0.1, 0.15) is 33.3 Å². The van der Waals surface area contributed by atoms with Gasteiger partial charge in [-0.25, -0.2) is 4.39 Å². The SMILES string of the molecule is CC(C)C1=C(N(C)C)C(c2ccc(F)cc2)=C(CO)C(C(C)C)N1C. The van der Waals surface area contributed by atoms with Gasteiger partial charge in [-0.1, -0.05) is 39.8 Å². The van der Waals surface area contributed by atoms with Crippen molar-refractivity contribution in [3.63, 3.8) is 0 Å². The third-order valence-corrected chi connectivity index (χ3v) is 4.88. The first kappa shape index (κ1) is 19.5. The lowest BCUT2D eigenvalue weighted by Gasteiger charge is -2.45. The number of aliphatic hydroxyl groups excluding tert-OH is 1. The molecule has 0 aliphatic carbocycles. The molecule has 0 bridgehead atoms. The summed E-state index contributed by atoms with van der Waals surface area (Å²) in [5.41, 5.74) is 5.33. The van der Waals surface area contributed by atoms with Crippen molar-refractivity contribution in [3.8, 4) is 0 Å². The van der Waals surface area contributed by atoms with Crippen molar-refractivity contribution in [1.29, 1.82) is 0 Å². The van der Waals surface area contributed by atoms with Crippen LogP contribution in [0.2, 0.25) is 0 Å². The molecule has 1 aromatic rings. The minimum absolute atomic E-state index is 0.0113. The Morgan fingerprint density at radius 3 is 2.08 bits per heavy atom. The molecule has 1 heterocycles. The van der Waals surface area contributed by atoms with Crippen LogP contribution in [0.3, 0.4) is 0 Å². The van der Waals surface area contributed by atoms with E-state index in [1.54, 1.807) is 0 Å².